The van der Waals surface area contributed by atoms with Gasteiger partial charge in [-0.05, 0) is 31.0 Å². The fourth-order valence-corrected chi connectivity index (χ4v) is 1.90. The highest BCUT2D eigenvalue weighted by Gasteiger charge is 2.19. The molecule has 1 aromatic rings. The highest BCUT2D eigenvalue weighted by molar-refractivity contribution is 6.00. The number of benzene rings is 1. The third-order valence-corrected chi connectivity index (χ3v) is 3.08. The van der Waals surface area contributed by atoms with Crippen molar-refractivity contribution in [2.45, 2.75) is 26.7 Å². The summed E-state index contributed by atoms with van der Waals surface area (Å²) < 4.78 is 10.5. The molecule has 0 saturated heterocycles. The molecule has 0 aliphatic heterocycles. The van der Waals surface area contributed by atoms with Gasteiger partial charge < -0.3 is 14.6 Å². The Bertz CT molecular complexity index is 505. The number of carboxylic acids is 1. The van der Waals surface area contributed by atoms with Gasteiger partial charge in [-0.3, -0.25) is 9.59 Å². The second kappa shape index (κ2) is 6.22. The van der Waals surface area contributed by atoms with Crippen molar-refractivity contribution in [1.29, 1.82) is 0 Å². The molecular formula is C14H18O5. The third kappa shape index (κ3) is 3.24. The normalized spacial score (nSPS) is 10.1. The summed E-state index contributed by atoms with van der Waals surface area (Å²) in [4.78, 5) is 22.6. The lowest BCUT2D eigenvalue weighted by atomic mass is 9.98. The molecule has 104 valence electrons. The van der Waals surface area contributed by atoms with Gasteiger partial charge in [0.25, 0.3) is 0 Å². The van der Waals surface area contributed by atoms with Crippen molar-refractivity contribution >= 4 is 11.8 Å². The Hall–Kier alpha value is -2.04. The van der Waals surface area contributed by atoms with Crippen molar-refractivity contribution in [1.82, 2.24) is 0 Å². The van der Waals surface area contributed by atoms with E-state index >= 15 is 0 Å². The molecule has 0 aromatic heterocycles. The maximum Gasteiger partial charge on any atom is 0.303 e. The van der Waals surface area contributed by atoms with Crippen molar-refractivity contribution < 1.29 is 24.2 Å². The average molecular weight is 266 g/mol. The molecule has 0 spiro atoms. The molecule has 0 heterocycles. The minimum atomic E-state index is -0.997. The van der Waals surface area contributed by atoms with Crippen LogP contribution in [-0.2, 0) is 4.79 Å². The lowest BCUT2D eigenvalue weighted by Crippen LogP contribution is -2.08. The first kappa shape index (κ1) is 15.0. The fourth-order valence-electron chi connectivity index (χ4n) is 1.90. The predicted octanol–water partition coefficient (Wildman–Crippen LogP) is 2.37. The Morgan fingerprint density at radius 2 is 1.74 bits per heavy atom. The molecule has 5 heteroatoms. The Morgan fingerprint density at radius 3 is 2.21 bits per heavy atom. The molecule has 0 unspecified atom stereocenters. The summed E-state index contributed by atoms with van der Waals surface area (Å²) in [7, 11) is 3.02. The lowest BCUT2D eigenvalue weighted by molar-refractivity contribution is -0.136. The van der Waals surface area contributed by atoms with E-state index in [9.17, 15) is 9.59 Å². The van der Waals surface area contributed by atoms with E-state index in [0.717, 1.165) is 11.1 Å². The molecule has 1 rings (SSSR count). The summed E-state index contributed by atoms with van der Waals surface area (Å²) in [6.45, 7) is 3.72. The Kier molecular flexibility index (Phi) is 4.92. The zero-order valence-corrected chi connectivity index (χ0v) is 11.6. The molecule has 0 aliphatic carbocycles. The van der Waals surface area contributed by atoms with Crippen molar-refractivity contribution in [2.75, 3.05) is 14.2 Å². The number of hydrogen-bond acceptors (Lipinski definition) is 4. The van der Waals surface area contributed by atoms with Gasteiger partial charge in [-0.15, -0.1) is 0 Å². The molecule has 5 nitrogen and oxygen atoms in total. The van der Waals surface area contributed by atoms with Gasteiger partial charge in [-0.2, -0.15) is 0 Å². The van der Waals surface area contributed by atoms with E-state index in [1.54, 1.807) is 6.07 Å². The second-order valence-corrected chi connectivity index (χ2v) is 4.23. The molecule has 1 aromatic carbocycles. The maximum atomic E-state index is 12.1. The molecule has 1 N–H and O–H groups in total. The number of methoxy groups -OCH3 is 2. The highest BCUT2D eigenvalue weighted by Crippen LogP contribution is 2.34. The number of carbonyl (C=O) groups is 2. The largest absolute Gasteiger partial charge is 0.496 e. The van der Waals surface area contributed by atoms with Crippen LogP contribution in [0.3, 0.4) is 0 Å². The number of Topliss-reactive ketones (excluding diaryl/α,β-unsaturated/α-hetero) is 1. The quantitative estimate of drug-likeness (QED) is 0.800. The smallest absolute Gasteiger partial charge is 0.303 e. The van der Waals surface area contributed by atoms with E-state index < -0.39 is 5.97 Å². The molecule has 0 radical (unpaired) electrons. The number of ketones is 1. The summed E-state index contributed by atoms with van der Waals surface area (Å²) in [5.41, 5.74) is 2.08. The molecular weight excluding hydrogens is 248 g/mol. The molecule has 0 amide bonds. The van der Waals surface area contributed by atoms with E-state index in [1.165, 1.54) is 14.2 Å². The van der Waals surface area contributed by atoms with Gasteiger partial charge in [-0.1, -0.05) is 0 Å². The van der Waals surface area contributed by atoms with Gasteiger partial charge in [0.05, 0.1) is 26.2 Å². The number of carboxylic acid groups (broad SMARTS) is 1. The Morgan fingerprint density at radius 1 is 1.11 bits per heavy atom. The molecule has 0 saturated carbocycles. The summed E-state index contributed by atoms with van der Waals surface area (Å²) in [6.07, 6.45) is -0.255. The van der Waals surface area contributed by atoms with Gasteiger partial charge in [0.1, 0.15) is 11.5 Å². The molecule has 0 atom stereocenters. The van der Waals surface area contributed by atoms with E-state index in [-0.39, 0.29) is 18.6 Å². The molecule has 0 fully saturated rings. The zero-order valence-electron chi connectivity index (χ0n) is 11.6. The Balaban J connectivity index is 3.21. The van der Waals surface area contributed by atoms with Crippen molar-refractivity contribution in [3.05, 3.63) is 22.8 Å². The van der Waals surface area contributed by atoms with Crippen LogP contribution in [0.1, 0.15) is 34.3 Å². The number of hydrogen-bond donors (Lipinski definition) is 1. The minimum Gasteiger partial charge on any atom is -0.496 e. The van der Waals surface area contributed by atoms with Crippen molar-refractivity contribution in [3.63, 3.8) is 0 Å². The maximum absolute atomic E-state index is 12.1. The van der Waals surface area contributed by atoms with Crippen LogP contribution in [-0.4, -0.2) is 31.1 Å². The first-order valence-corrected chi connectivity index (χ1v) is 5.89. The van der Waals surface area contributed by atoms with Crippen LogP contribution in [0.25, 0.3) is 0 Å². The summed E-state index contributed by atoms with van der Waals surface area (Å²) >= 11 is 0. The van der Waals surface area contributed by atoms with E-state index in [0.29, 0.717) is 17.1 Å². The lowest BCUT2D eigenvalue weighted by Gasteiger charge is -2.16. The summed E-state index contributed by atoms with van der Waals surface area (Å²) in [6, 6.07) is 1.60. The number of ether oxygens (including phenoxy) is 2. The first-order chi connectivity index (χ1) is 8.92. The van der Waals surface area contributed by atoms with Crippen LogP contribution in [0.5, 0.6) is 11.5 Å². The second-order valence-electron chi connectivity index (χ2n) is 4.23. The van der Waals surface area contributed by atoms with E-state index in [1.807, 2.05) is 13.8 Å². The van der Waals surface area contributed by atoms with Crippen molar-refractivity contribution in [2.24, 2.45) is 0 Å². The summed E-state index contributed by atoms with van der Waals surface area (Å²) in [5, 5.41) is 8.63. The van der Waals surface area contributed by atoms with E-state index in [4.69, 9.17) is 14.6 Å². The van der Waals surface area contributed by atoms with Gasteiger partial charge in [0.2, 0.25) is 0 Å². The highest BCUT2D eigenvalue weighted by atomic mass is 16.5. The topological polar surface area (TPSA) is 72.8 Å². The summed E-state index contributed by atoms with van der Waals surface area (Å²) in [5.74, 6) is -0.186. The van der Waals surface area contributed by atoms with Gasteiger partial charge in [0, 0.05) is 6.42 Å². The van der Waals surface area contributed by atoms with Crippen LogP contribution in [0.4, 0.5) is 0 Å². The minimum absolute atomic E-state index is 0.0582. The zero-order chi connectivity index (χ0) is 14.6. The van der Waals surface area contributed by atoms with E-state index in [2.05, 4.69) is 0 Å². The SMILES string of the molecule is COc1cc(C(=O)CCC(=O)O)c(OC)c(C)c1C. The van der Waals surface area contributed by atoms with Crippen LogP contribution in [0.15, 0.2) is 6.07 Å². The molecule has 0 aliphatic rings. The molecule has 19 heavy (non-hydrogen) atoms. The van der Waals surface area contributed by atoms with Crippen LogP contribution >= 0.6 is 0 Å². The average Bonchev–Trinajstić information content (AvgIpc) is 2.38. The molecule has 0 bridgehead atoms. The van der Waals surface area contributed by atoms with Gasteiger partial charge in [-0.25, -0.2) is 0 Å². The van der Waals surface area contributed by atoms with Crippen LogP contribution < -0.4 is 9.47 Å². The predicted molar refractivity (Wildman–Crippen MR) is 70.2 cm³/mol. The number of aliphatic carboxylic acids is 1. The standard InChI is InChI=1S/C14H18O5/c1-8-9(2)14(19-4)10(7-12(8)18-3)11(15)5-6-13(16)17/h7H,5-6H2,1-4H3,(H,16,17). The van der Waals surface area contributed by atoms with Crippen molar-refractivity contribution in [3.8, 4) is 11.5 Å². The number of carbonyl (C=O) groups excluding carboxylic acids is 1. The first-order valence-electron chi connectivity index (χ1n) is 5.89. The van der Waals surface area contributed by atoms with Gasteiger partial charge in [0.15, 0.2) is 5.78 Å². The monoisotopic (exact) mass is 266 g/mol. The van der Waals surface area contributed by atoms with Crippen LogP contribution in [0.2, 0.25) is 0 Å². The Labute approximate surface area is 112 Å². The fraction of sp³-hybridized carbons (Fsp3) is 0.429. The number of rotatable bonds is 6. The van der Waals surface area contributed by atoms with Crippen LogP contribution in [0, 0.1) is 13.8 Å². The third-order valence-electron chi connectivity index (χ3n) is 3.08. The van der Waals surface area contributed by atoms with Gasteiger partial charge >= 0.3 is 5.97 Å².